The first kappa shape index (κ1) is 13.8. The van der Waals surface area contributed by atoms with Crippen LogP contribution in [0.2, 0.25) is 0 Å². The maximum Gasteiger partial charge on any atom is 0.138 e. The highest BCUT2D eigenvalue weighted by molar-refractivity contribution is 5.30. The number of hydrogen-bond acceptors (Lipinski definition) is 3. The van der Waals surface area contributed by atoms with Crippen molar-refractivity contribution in [3.63, 3.8) is 0 Å². The van der Waals surface area contributed by atoms with Crippen molar-refractivity contribution in [2.45, 2.75) is 26.8 Å². The SMILES string of the molecule is C=C/C=C1\C(=C/C)OCC2COCCN12.CC. The molecule has 3 nitrogen and oxygen atoms in total. The third-order valence-corrected chi connectivity index (χ3v) is 2.76. The highest BCUT2D eigenvalue weighted by Crippen LogP contribution is 2.27. The van der Waals surface area contributed by atoms with Crippen molar-refractivity contribution < 1.29 is 9.47 Å². The Labute approximate surface area is 104 Å². The van der Waals surface area contributed by atoms with E-state index >= 15 is 0 Å². The molecule has 0 aromatic rings. The fourth-order valence-corrected chi connectivity index (χ4v) is 2.03. The molecule has 0 bridgehead atoms. The van der Waals surface area contributed by atoms with Gasteiger partial charge in [-0.25, -0.2) is 0 Å². The summed E-state index contributed by atoms with van der Waals surface area (Å²) >= 11 is 0. The van der Waals surface area contributed by atoms with Gasteiger partial charge in [-0.15, -0.1) is 0 Å². The lowest BCUT2D eigenvalue weighted by atomic mass is 10.1. The molecule has 0 spiro atoms. The van der Waals surface area contributed by atoms with E-state index in [4.69, 9.17) is 9.47 Å². The molecule has 96 valence electrons. The van der Waals surface area contributed by atoms with Gasteiger partial charge in [0.05, 0.1) is 25.0 Å². The number of allylic oxidation sites excluding steroid dienone is 3. The van der Waals surface area contributed by atoms with Crippen molar-refractivity contribution >= 4 is 0 Å². The number of fused-ring (bicyclic) bond motifs is 1. The normalized spacial score (nSPS) is 27.9. The van der Waals surface area contributed by atoms with Crippen LogP contribution >= 0.6 is 0 Å². The Bertz CT molecular complexity index is 307. The van der Waals surface area contributed by atoms with Gasteiger partial charge in [0.15, 0.2) is 0 Å². The molecule has 0 aromatic carbocycles. The first-order valence-electron chi connectivity index (χ1n) is 6.33. The second-order valence-electron chi connectivity index (χ2n) is 3.67. The first-order chi connectivity index (χ1) is 8.36. The minimum absolute atomic E-state index is 0.355. The predicted molar refractivity (Wildman–Crippen MR) is 70.7 cm³/mol. The molecule has 17 heavy (non-hydrogen) atoms. The lowest BCUT2D eigenvalue weighted by Gasteiger charge is -2.42. The van der Waals surface area contributed by atoms with Crippen LogP contribution < -0.4 is 0 Å². The average molecular weight is 237 g/mol. The van der Waals surface area contributed by atoms with Crippen LogP contribution in [0.15, 0.2) is 36.3 Å². The predicted octanol–water partition coefficient (Wildman–Crippen LogP) is 2.72. The molecule has 3 heteroatoms. The van der Waals surface area contributed by atoms with Gasteiger partial charge in [-0.05, 0) is 19.1 Å². The highest BCUT2D eigenvalue weighted by Gasteiger charge is 2.31. The summed E-state index contributed by atoms with van der Waals surface area (Å²) in [5.74, 6) is 0.952. The highest BCUT2D eigenvalue weighted by atomic mass is 16.5. The summed E-state index contributed by atoms with van der Waals surface area (Å²) in [7, 11) is 0. The maximum atomic E-state index is 5.69. The van der Waals surface area contributed by atoms with E-state index in [1.54, 1.807) is 6.08 Å². The quantitative estimate of drug-likeness (QED) is 0.700. The summed E-state index contributed by atoms with van der Waals surface area (Å²) in [5, 5.41) is 0. The van der Waals surface area contributed by atoms with Crippen LogP contribution in [0, 0.1) is 0 Å². The fourth-order valence-electron chi connectivity index (χ4n) is 2.03. The van der Waals surface area contributed by atoms with Crippen LogP contribution in [-0.4, -0.2) is 37.3 Å². The second kappa shape index (κ2) is 7.17. The van der Waals surface area contributed by atoms with E-state index < -0.39 is 0 Å². The molecular formula is C14H23NO2. The van der Waals surface area contributed by atoms with E-state index in [1.807, 2.05) is 32.9 Å². The molecular weight excluding hydrogens is 214 g/mol. The van der Waals surface area contributed by atoms with E-state index in [2.05, 4.69) is 11.5 Å². The molecule has 1 unspecified atom stereocenters. The Morgan fingerprint density at radius 1 is 1.35 bits per heavy atom. The van der Waals surface area contributed by atoms with E-state index in [0.29, 0.717) is 12.6 Å². The Hall–Kier alpha value is -1.22. The van der Waals surface area contributed by atoms with Crippen molar-refractivity contribution in [2.75, 3.05) is 26.4 Å². The molecule has 2 saturated heterocycles. The van der Waals surface area contributed by atoms with Crippen LogP contribution in [0.3, 0.4) is 0 Å². The summed E-state index contributed by atoms with van der Waals surface area (Å²) in [6.07, 6.45) is 5.81. The molecule has 2 aliphatic heterocycles. The molecule has 0 amide bonds. The smallest absolute Gasteiger partial charge is 0.138 e. The Morgan fingerprint density at radius 3 is 2.76 bits per heavy atom. The molecule has 2 fully saturated rings. The van der Waals surface area contributed by atoms with Crippen LogP contribution in [0.4, 0.5) is 0 Å². The molecule has 2 rings (SSSR count). The fraction of sp³-hybridized carbons (Fsp3) is 0.571. The van der Waals surface area contributed by atoms with Crippen LogP contribution in [-0.2, 0) is 9.47 Å². The topological polar surface area (TPSA) is 21.7 Å². The number of hydrogen-bond donors (Lipinski definition) is 0. The zero-order valence-corrected chi connectivity index (χ0v) is 11.1. The number of nitrogens with zero attached hydrogens (tertiary/aromatic N) is 1. The van der Waals surface area contributed by atoms with Gasteiger partial charge in [0, 0.05) is 6.54 Å². The summed E-state index contributed by atoms with van der Waals surface area (Å²) < 4.78 is 11.1. The number of rotatable bonds is 1. The zero-order chi connectivity index (χ0) is 12.7. The second-order valence-corrected chi connectivity index (χ2v) is 3.67. The molecule has 0 radical (unpaired) electrons. The molecule has 2 heterocycles. The van der Waals surface area contributed by atoms with Crippen molar-refractivity contribution in [3.8, 4) is 0 Å². The van der Waals surface area contributed by atoms with E-state index in [-0.39, 0.29) is 0 Å². The lowest BCUT2D eigenvalue weighted by Crippen LogP contribution is -2.50. The third kappa shape index (κ3) is 3.13. The van der Waals surface area contributed by atoms with Gasteiger partial charge in [-0.2, -0.15) is 0 Å². The lowest BCUT2D eigenvalue weighted by molar-refractivity contribution is -0.0389. The van der Waals surface area contributed by atoms with Gasteiger partial charge in [0.2, 0.25) is 0 Å². The van der Waals surface area contributed by atoms with Gasteiger partial charge < -0.3 is 14.4 Å². The minimum Gasteiger partial charge on any atom is -0.490 e. The Morgan fingerprint density at radius 2 is 2.12 bits per heavy atom. The Kier molecular flexibility index (Phi) is 5.84. The largest absolute Gasteiger partial charge is 0.490 e. The van der Waals surface area contributed by atoms with Crippen molar-refractivity contribution in [1.82, 2.24) is 4.90 Å². The van der Waals surface area contributed by atoms with Crippen LogP contribution in [0.1, 0.15) is 20.8 Å². The van der Waals surface area contributed by atoms with Crippen molar-refractivity contribution in [3.05, 3.63) is 36.3 Å². The monoisotopic (exact) mass is 237 g/mol. The van der Waals surface area contributed by atoms with Gasteiger partial charge in [-0.1, -0.05) is 26.5 Å². The molecule has 0 aliphatic carbocycles. The van der Waals surface area contributed by atoms with Gasteiger partial charge in [0.1, 0.15) is 12.4 Å². The van der Waals surface area contributed by atoms with Gasteiger partial charge in [0.25, 0.3) is 0 Å². The maximum absolute atomic E-state index is 5.69. The van der Waals surface area contributed by atoms with Gasteiger partial charge in [-0.3, -0.25) is 0 Å². The zero-order valence-electron chi connectivity index (χ0n) is 11.1. The molecule has 0 aromatic heterocycles. The Balaban J connectivity index is 0.000000686. The first-order valence-corrected chi connectivity index (χ1v) is 6.33. The molecule has 1 atom stereocenters. The summed E-state index contributed by atoms with van der Waals surface area (Å²) in [5.41, 5.74) is 1.13. The summed E-state index contributed by atoms with van der Waals surface area (Å²) in [6, 6.07) is 0.355. The van der Waals surface area contributed by atoms with Crippen LogP contribution in [0.5, 0.6) is 0 Å². The minimum atomic E-state index is 0.355. The van der Waals surface area contributed by atoms with Crippen molar-refractivity contribution in [1.29, 1.82) is 0 Å². The molecule has 2 aliphatic rings. The van der Waals surface area contributed by atoms with E-state index in [1.165, 1.54) is 0 Å². The van der Waals surface area contributed by atoms with Crippen LogP contribution in [0.25, 0.3) is 0 Å². The third-order valence-electron chi connectivity index (χ3n) is 2.76. The molecule has 0 N–H and O–H groups in total. The van der Waals surface area contributed by atoms with Crippen molar-refractivity contribution in [2.24, 2.45) is 0 Å². The number of ether oxygens (including phenoxy) is 2. The number of morpholine rings is 2. The average Bonchev–Trinajstić information content (AvgIpc) is 2.42. The standard InChI is InChI=1S/C12H17NO2.C2H6/c1-3-5-11-12(4-2)15-9-10-8-14-7-6-13(10)11;1-2/h3-5,10H,1,6-9H2,2H3;1-2H3/b11-5+,12-4+;. The summed E-state index contributed by atoms with van der Waals surface area (Å²) in [4.78, 5) is 2.35. The van der Waals surface area contributed by atoms with E-state index in [0.717, 1.165) is 31.2 Å². The van der Waals surface area contributed by atoms with E-state index in [9.17, 15) is 0 Å². The molecule has 0 saturated carbocycles. The summed E-state index contributed by atoms with van der Waals surface area (Å²) in [6.45, 7) is 12.9. The van der Waals surface area contributed by atoms with Gasteiger partial charge >= 0.3 is 0 Å².